The van der Waals surface area contributed by atoms with Gasteiger partial charge in [-0.1, -0.05) is 30.7 Å². The van der Waals surface area contributed by atoms with Crippen LogP contribution in [0.25, 0.3) is 0 Å². The Bertz CT molecular complexity index is 800. The number of hydrogen-bond acceptors (Lipinski definition) is 4. The Morgan fingerprint density at radius 1 is 1.07 bits per heavy atom. The molecule has 3 rings (SSSR count). The first kappa shape index (κ1) is 21.0. The first-order valence-corrected chi connectivity index (χ1v) is 11.2. The third-order valence-electron chi connectivity index (χ3n) is 4.88. The van der Waals surface area contributed by atoms with E-state index in [0.717, 1.165) is 15.9 Å². The van der Waals surface area contributed by atoms with Gasteiger partial charge in [0.15, 0.2) is 0 Å². The molecule has 1 N–H and O–H groups in total. The van der Waals surface area contributed by atoms with Gasteiger partial charge in [-0.3, -0.25) is 14.5 Å². The molecule has 0 spiro atoms. The second-order valence-electron chi connectivity index (χ2n) is 7.20. The van der Waals surface area contributed by atoms with Gasteiger partial charge in [-0.2, -0.15) is 0 Å². The second kappa shape index (κ2) is 10.2. The Labute approximate surface area is 178 Å². The van der Waals surface area contributed by atoms with Crippen LogP contribution >= 0.6 is 27.3 Å². The maximum atomic E-state index is 12.3. The molecule has 1 saturated heterocycles. The summed E-state index contributed by atoms with van der Waals surface area (Å²) in [5.74, 6) is -0.309. The van der Waals surface area contributed by atoms with Crippen molar-refractivity contribution in [3.8, 4) is 0 Å². The molecule has 0 bridgehead atoms. The lowest BCUT2D eigenvalue weighted by Crippen LogP contribution is -2.37. The number of carbonyl (C=O) groups is 2. The zero-order valence-corrected chi connectivity index (χ0v) is 18.5. The van der Waals surface area contributed by atoms with Gasteiger partial charge in [0.25, 0.3) is 5.91 Å². The summed E-state index contributed by atoms with van der Waals surface area (Å²) in [6.07, 6.45) is 3.94. The monoisotopic (exact) mass is 463 g/mol. The van der Waals surface area contributed by atoms with Crippen LogP contribution < -0.4 is 5.32 Å². The molecular formula is C21H26BrN3O2S. The zero-order chi connectivity index (χ0) is 19.9. The van der Waals surface area contributed by atoms with Gasteiger partial charge in [-0.05, 0) is 65.1 Å². The fourth-order valence-electron chi connectivity index (χ4n) is 3.30. The Kier molecular flexibility index (Phi) is 7.65. The number of halogens is 1. The molecule has 0 aliphatic carbocycles. The van der Waals surface area contributed by atoms with E-state index in [9.17, 15) is 9.59 Å². The first-order chi connectivity index (χ1) is 13.5. The van der Waals surface area contributed by atoms with Crippen LogP contribution in [0.4, 0.5) is 0 Å². The molecule has 1 aliphatic rings. The molecular weight excluding hydrogens is 438 g/mol. The summed E-state index contributed by atoms with van der Waals surface area (Å²) < 4.78 is 0.900. The highest BCUT2D eigenvalue weighted by Gasteiger charge is 2.16. The first-order valence-electron chi connectivity index (χ1n) is 9.59. The highest BCUT2D eigenvalue weighted by Crippen LogP contribution is 2.23. The average Bonchev–Trinajstić information content (AvgIpc) is 3.14. The maximum absolute atomic E-state index is 12.3. The SMILES string of the molecule is CN(CC(=O)NCc1ccc(CN2CCCCC2)cc1)C(=O)c1ccc(Br)s1. The van der Waals surface area contributed by atoms with E-state index in [0.29, 0.717) is 11.4 Å². The Hall–Kier alpha value is -1.70. The van der Waals surface area contributed by atoms with Gasteiger partial charge >= 0.3 is 0 Å². The van der Waals surface area contributed by atoms with E-state index in [1.54, 1.807) is 13.1 Å². The molecule has 0 unspecified atom stereocenters. The predicted octanol–water partition coefficient (Wildman–Crippen LogP) is 3.88. The maximum Gasteiger partial charge on any atom is 0.264 e. The molecule has 1 aromatic heterocycles. The van der Waals surface area contributed by atoms with Crippen LogP contribution in [-0.4, -0.2) is 48.3 Å². The molecule has 0 atom stereocenters. The van der Waals surface area contributed by atoms with E-state index >= 15 is 0 Å². The summed E-state index contributed by atoms with van der Waals surface area (Å²) in [4.78, 5) is 29.0. The molecule has 0 saturated carbocycles. The van der Waals surface area contributed by atoms with E-state index in [-0.39, 0.29) is 18.4 Å². The number of benzene rings is 1. The Morgan fingerprint density at radius 3 is 2.39 bits per heavy atom. The van der Waals surface area contributed by atoms with Crippen LogP contribution in [0.3, 0.4) is 0 Å². The molecule has 150 valence electrons. The van der Waals surface area contributed by atoms with Crippen molar-refractivity contribution in [2.24, 2.45) is 0 Å². The summed E-state index contributed by atoms with van der Waals surface area (Å²) in [6, 6.07) is 12.0. The number of carbonyl (C=O) groups excluding carboxylic acids is 2. The van der Waals surface area contributed by atoms with Crippen LogP contribution in [0.5, 0.6) is 0 Å². The van der Waals surface area contributed by atoms with Crippen LogP contribution in [-0.2, 0) is 17.9 Å². The number of thiophene rings is 1. The molecule has 1 fully saturated rings. The number of hydrogen-bond donors (Lipinski definition) is 1. The van der Waals surface area contributed by atoms with Crippen molar-refractivity contribution >= 4 is 39.1 Å². The number of nitrogens with one attached hydrogen (secondary N) is 1. The number of rotatable bonds is 7. The zero-order valence-electron chi connectivity index (χ0n) is 16.1. The summed E-state index contributed by atoms with van der Waals surface area (Å²) in [5.41, 5.74) is 2.37. The Morgan fingerprint density at radius 2 is 1.75 bits per heavy atom. The molecule has 1 aromatic carbocycles. The van der Waals surface area contributed by atoms with Gasteiger partial charge in [0.05, 0.1) is 15.2 Å². The second-order valence-corrected chi connectivity index (χ2v) is 9.66. The summed E-state index contributed by atoms with van der Waals surface area (Å²) in [7, 11) is 1.64. The molecule has 1 aliphatic heterocycles. The van der Waals surface area contributed by atoms with Crippen molar-refractivity contribution in [2.75, 3.05) is 26.7 Å². The van der Waals surface area contributed by atoms with Crippen molar-refractivity contribution in [1.82, 2.24) is 15.1 Å². The van der Waals surface area contributed by atoms with E-state index < -0.39 is 0 Å². The molecule has 2 aromatic rings. The third kappa shape index (κ3) is 6.15. The van der Waals surface area contributed by atoms with Gasteiger partial charge in [0.1, 0.15) is 0 Å². The quantitative estimate of drug-likeness (QED) is 0.677. The normalized spacial score (nSPS) is 14.6. The standard InChI is InChI=1S/C21H26BrN3O2S/c1-24(21(27)18-9-10-19(22)28-18)15-20(26)23-13-16-5-7-17(8-6-16)14-25-11-3-2-4-12-25/h5-10H,2-4,11-15H2,1H3,(H,23,26). The van der Waals surface area contributed by atoms with Crippen LogP contribution in [0, 0.1) is 0 Å². The van der Waals surface area contributed by atoms with Crippen molar-refractivity contribution in [2.45, 2.75) is 32.4 Å². The summed E-state index contributed by atoms with van der Waals surface area (Å²) in [6.45, 7) is 3.88. The lowest BCUT2D eigenvalue weighted by Gasteiger charge is -2.26. The van der Waals surface area contributed by atoms with E-state index in [1.165, 1.54) is 54.2 Å². The van der Waals surface area contributed by atoms with Crippen LogP contribution in [0.1, 0.15) is 40.1 Å². The molecule has 2 heterocycles. The van der Waals surface area contributed by atoms with E-state index in [4.69, 9.17) is 0 Å². The number of likely N-dealkylation sites (tertiary alicyclic amines) is 1. The van der Waals surface area contributed by atoms with Crippen LogP contribution in [0.2, 0.25) is 0 Å². The molecule has 0 radical (unpaired) electrons. The van der Waals surface area contributed by atoms with E-state index in [2.05, 4.69) is 50.4 Å². The van der Waals surface area contributed by atoms with E-state index in [1.807, 2.05) is 6.07 Å². The van der Waals surface area contributed by atoms with Crippen molar-refractivity contribution in [3.05, 3.63) is 56.2 Å². The molecule has 7 heteroatoms. The van der Waals surface area contributed by atoms with Crippen molar-refractivity contribution in [1.29, 1.82) is 0 Å². The average molecular weight is 464 g/mol. The third-order valence-corrected chi connectivity index (χ3v) is 6.49. The van der Waals surface area contributed by atoms with Crippen molar-refractivity contribution < 1.29 is 9.59 Å². The summed E-state index contributed by atoms with van der Waals surface area (Å²) in [5, 5.41) is 2.89. The molecule has 28 heavy (non-hydrogen) atoms. The minimum absolute atomic E-state index is 0.0431. The summed E-state index contributed by atoms with van der Waals surface area (Å²) >= 11 is 4.72. The fourth-order valence-corrected chi connectivity index (χ4v) is 4.68. The Balaban J connectivity index is 1.43. The minimum Gasteiger partial charge on any atom is -0.350 e. The highest BCUT2D eigenvalue weighted by molar-refractivity contribution is 9.11. The molecule has 2 amide bonds. The predicted molar refractivity (Wildman–Crippen MR) is 116 cm³/mol. The topological polar surface area (TPSA) is 52.7 Å². The van der Waals surface area contributed by atoms with Gasteiger partial charge in [-0.25, -0.2) is 0 Å². The number of likely N-dealkylation sites (N-methyl/N-ethyl adjacent to an activating group) is 1. The van der Waals surface area contributed by atoms with Gasteiger partial charge in [0.2, 0.25) is 5.91 Å². The minimum atomic E-state index is -0.163. The van der Waals surface area contributed by atoms with Gasteiger partial charge in [0, 0.05) is 20.1 Å². The largest absolute Gasteiger partial charge is 0.350 e. The highest BCUT2D eigenvalue weighted by atomic mass is 79.9. The number of amides is 2. The smallest absolute Gasteiger partial charge is 0.264 e. The van der Waals surface area contributed by atoms with Gasteiger partial charge in [-0.15, -0.1) is 11.3 Å². The number of piperidine rings is 1. The van der Waals surface area contributed by atoms with Crippen LogP contribution in [0.15, 0.2) is 40.2 Å². The number of nitrogens with zero attached hydrogens (tertiary/aromatic N) is 2. The lowest BCUT2D eigenvalue weighted by atomic mass is 10.1. The van der Waals surface area contributed by atoms with Crippen molar-refractivity contribution in [3.63, 3.8) is 0 Å². The lowest BCUT2D eigenvalue weighted by molar-refractivity contribution is -0.121. The fraction of sp³-hybridized carbons (Fsp3) is 0.429. The van der Waals surface area contributed by atoms with Gasteiger partial charge < -0.3 is 10.2 Å². The molecule has 5 nitrogen and oxygen atoms in total.